The molecular weight excluding hydrogens is 235 g/mol. The molecule has 0 saturated heterocycles. The number of halogens is 2. The summed E-state index contributed by atoms with van der Waals surface area (Å²) in [5, 5.41) is 0. The molecule has 0 atom stereocenters. The standard InChI is InChI=1S/C10H14N2O.2ClH/c1-8-4-9(6-12-5-8)13-7-10(11)2-3-10;;/h4-6H,2-3,7,11H2,1H3;2*1H. The van der Waals surface area contributed by atoms with Gasteiger partial charge in [-0.15, -0.1) is 24.8 Å². The first-order valence-electron chi connectivity index (χ1n) is 4.51. The van der Waals surface area contributed by atoms with E-state index in [-0.39, 0.29) is 30.4 Å². The minimum absolute atomic E-state index is 0. The lowest BCUT2D eigenvalue weighted by Crippen LogP contribution is -2.29. The van der Waals surface area contributed by atoms with Crippen LogP contribution in [-0.4, -0.2) is 17.1 Å². The Morgan fingerprint density at radius 3 is 2.60 bits per heavy atom. The van der Waals surface area contributed by atoms with E-state index < -0.39 is 0 Å². The van der Waals surface area contributed by atoms with E-state index in [1.807, 2.05) is 19.2 Å². The van der Waals surface area contributed by atoms with Crippen LogP contribution < -0.4 is 10.5 Å². The minimum atomic E-state index is -0.0518. The van der Waals surface area contributed by atoms with Gasteiger partial charge in [-0.1, -0.05) is 0 Å². The number of aromatic nitrogens is 1. The third-order valence-corrected chi connectivity index (χ3v) is 2.27. The highest BCUT2D eigenvalue weighted by Gasteiger charge is 2.39. The van der Waals surface area contributed by atoms with Crippen molar-refractivity contribution in [2.75, 3.05) is 6.61 Å². The van der Waals surface area contributed by atoms with Gasteiger partial charge in [0, 0.05) is 6.20 Å². The summed E-state index contributed by atoms with van der Waals surface area (Å²) in [5.74, 6) is 0.816. The second-order valence-corrected chi connectivity index (χ2v) is 3.85. The van der Waals surface area contributed by atoms with E-state index >= 15 is 0 Å². The summed E-state index contributed by atoms with van der Waals surface area (Å²) >= 11 is 0. The van der Waals surface area contributed by atoms with Crippen LogP contribution in [-0.2, 0) is 0 Å². The van der Waals surface area contributed by atoms with Crippen LogP contribution in [0.15, 0.2) is 18.5 Å². The summed E-state index contributed by atoms with van der Waals surface area (Å²) in [6.07, 6.45) is 5.68. The van der Waals surface area contributed by atoms with E-state index in [0.29, 0.717) is 6.61 Å². The molecule has 3 nitrogen and oxygen atoms in total. The quantitative estimate of drug-likeness (QED) is 0.894. The zero-order valence-electron chi connectivity index (χ0n) is 8.60. The number of rotatable bonds is 3. The van der Waals surface area contributed by atoms with Crippen LogP contribution in [0.3, 0.4) is 0 Å². The van der Waals surface area contributed by atoms with Gasteiger partial charge in [-0.05, 0) is 31.4 Å². The molecule has 2 N–H and O–H groups in total. The molecular formula is C10H16Cl2N2O. The molecule has 1 aliphatic carbocycles. The molecule has 86 valence electrons. The molecule has 0 bridgehead atoms. The lowest BCUT2D eigenvalue weighted by atomic mass is 10.3. The van der Waals surface area contributed by atoms with Crippen LogP contribution in [0.1, 0.15) is 18.4 Å². The fraction of sp³-hybridized carbons (Fsp3) is 0.500. The van der Waals surface area contributed by atoms with Crippen LogP contribution in [0.4, 0.5) is 0 Å². The van der Waals surface area contributed by atoms with Crippen LogP contribution in [0.25, 0.3) is 0 Å². The van der Waals surface area contributed by atoms with Crippen molar-refractivity contribution < 1.29 is 4.74 Å². The van der Waals surface area contributed by atoms with Gasteiger partial charge in [0.1, 0.15) is 12.4 Å². The fourth-order valence-electron chi connectivity index (χ4n) is 1.14. The highest BCUT2D eigenvalue weighted by atomic mass is 35.5. The average Bonchev–Trinajstić information content (AvgIpc) is 2.82. The largest absolute Gasteiger partial charge is 0.490 e. The SMILES string of the molecule is Cc1cncc(OCC2(N)CC2)c1.Cl.Cl. The third-order valence-electron chi connectivity index (χ3n) is 2.27. The lowest BCUT2D eigenvalue weighted by molar-refractivity contribution is 0.278. The Morgan fingerprint density at radius 1 is 1.40 bits per heavy atom. The number of hydrogen-bond donors (Lipinski definition) is 1. The summed E-state index contributed by atoms with van der Waals surface area (Å²) in [7, 11) is 0. The molecule has 1 saturated carbocycles. The van der Waals surface area contributed by atoms with Gasteiger partial charge in [0.15, 0.2) is 0 Å². The van der Waals surface area contributed by atoms with Gasteiger partial charge in [0.25, 0.3) is 0 Å². The molecule has 2 rings (SSSR count). The second-order valence-electron chi connectivity index (χ2n) is 3.85. The van der Waals surface area contributed by atoms with Crippen molar-refractivity contribution in [3.05, 3.63) is 24.0 Å². The van der Waals surface area contributed by atoms with E-state index in [4.69, 9.17) is 10.5 Å². The van der Waals surface area contributed by atoms with Gasteiger partial charge in [0.2, 0.25) is 0 Å². The van der Waals surface area contributed by atoms with Gasteiger partial charge in [-0.3, -0.25) is 4.98 Å². The molecule has 0 aliphatic heterocycles. The van der Waals surface area contributed by atoms with Crippen molar-refractivity contribution in [2.24, 2.45) is 5.73 Å². The maximum atomic E-state index is 5.89. The highest BCUT2D eigenvalue weighted by Crippen LogP contribution is 2.32. The number of hydrogen-bond acceptors (Lipinski definition) is 3. The van der Waals surface area contributed by atoms with Crippen molar-refractivity contribution in [3.63, 3.8) is 0 Å². The fourth-order valence-corrected chi connectivity index (χ4v) is 1.14. The second kappa shape index (κ2) is 5.54. The lowest BCUT2D eigenvalue weighted by Gasteiger charge is -2.10. The van der Waals surface area contributed by atoms with Crippen LogP contribution in [0.5, 0.6) is 5.75 Å². The van der Waals surface area contributed by atoms with Gasteiger partial charge in [-0.25, -0.2) is 0 Å². The van der Waals surface area contributed by atoms with Crippen molar-refractivity contribution in [2.45, 2.75) is 25.3 Å². The molecule has 1 aromatic rings. The number of nitrogens with two attached hydrogens (primary N) is 1. The average molecular weight is 251 g/mol. The molecule has 5 heteroatoms. The Balaban J connectivity index is 0.000000980. The number of ether oxygens (including phenoxy) is 1. The van der Waals surface area contributed by atoms with Gasteiger partial charge < -0.3 is 10.5 Å². The molecule has 0 amide bonds. The Labute approximate surface area is 102 Å². The Morgan fingerprint density at radius 2 is 2.07 bits per heavy atom. The van der Waals surface area contributed by atoms with Crippen molar-refractivity contribution >= 4 is 24.8 Å². The Bertz CT molecular complexity index is 316. The van der Waals surface area contributed by atoms with Gasteiger partial charge in [0.05, 0.1) is 11.7 Å². The normalized spacial score (nSPS) is 15.9. The molecule has 0 radical (unpaired) electrons. The maximum Gasteiger partial charge on any atom is 0.137 e. The predicted octanol–water partition coefficient (Wildman–Crippen LogP) is 2.10. The summed E-state index contributed by atoms with van der Waals surface area (Å²) in [6.45, 7) is 2.60. The smallest absolute Gasteiger partial charge is 0.137 e. The number of pyridine rings is 1. The molecule has 15 heavy (non-hydrogen) atoms. The zero-order valence-corrected chi connectivity index (χ0v) is 10.2. The van der Waals surface area contributed by atoms with Gasteiger partial charge >= 0.3 is 0 Å². The van der Waals surface area contributed by atoms with Crippen LogP contribution in [0.2, 0.25) is 0 Å². The summed E-state index contributed by atoms with van der Waals surface area (Å²) in [4.78, 5) is 4.04. The highest BCUT2D eigenvalue weighted by molar-refractivity contribution is 5.85. The first kappa shape index (κ1) is 14.5. The van der Waals surface area contributed by atoms with Crippen molar-refractivity contribution in [1.29, 1.82) is 0 Å². The molecule has 1 aromatic heterocycles. The summed E-state index contributed by atoms with van der Waals surface area (Å²) < 4.78 is 5.53. The first-order valence-corrected chi connectivity index (χ1v) is 4.51. The number of nitrogens with zero attached hydrogens (tertiary/aromatic N) is 1. The van der Waals surface area contributed by atoms with E-state index in [9.17, 15) is 0 Å². The minimum Gasteiger partial charge on any atom is -0.490 e. The zero-order chi connectivity index (χ0) is 9.31. The third kappa shape index (κ3) is 4.24. The van der Waals surface area contributed by atoms with Crippen molar-refractivity contribution in [3.8, 4) is 5.75 Å². The Hall–Kier alpha value is -0.510. The summed E-state index contributed by atoms with van der Waals surface area (Å²) in [6, 6.07) is 1.97. The van der Waals surface area contributed by atoms with E-state index in [1.54, 1.807) is 6.20 Å². The molecule has 1 heterocycles. The first-order chi connectivity index (χ1) is 6.18. The molecule has 1 aliphatic rings. The van der Waals surface area contributed by atoms with Crippen molar-refractivity contribution in [1.82, 2.24) is 4.98 Å². The van der Waals surface area contributed by atoms with Crippen LogP contribution >= 0.6 is 24.8 Å². The molecule has 0 spiro atoms. The predicted molar refractivity (Wildman–Crippen MR) is 65.1 cm³/mol. The monoisotopic (exact) mass is 250 g/mol. The topological polar surface area (TPSA) is 48.1 Å². The number of aryl methyl sites for hydroxylation is 1. The van der Waals surface area contributed by atoms with Crippen LogP contribution in [0, 0.1) is 6.92 Å². The Kier molecular flexibility index (Phi) is 5.35. The van der Waals surface area contributed by atoms with E-state index in [0.717, 1.165) is 24.2 Å². The van der Waals surface area contributed by atoms with E-state index in [2.05, 4.69) is 4.98 Å². The van der Waals surface area contributed by atoms with Gasteiger partial charge in [-0.2, -0.15) is 0 Å². The van der Waals surface area contributed by atoms with E-state index in [1.165, 1.54) is 0 Å². The molecule has 0 aromatic carbocycles. The summed E-state index contributed by atoms with van der Waals surface area (Å²) in [5.41, 5.74) is 6.95. The maximum absolute atomic E-state index is 5.89. The molecule has 0 unspecified atom stereocenters. The molecule has 1 fully saturated rings.